The van der Waals surface area contributed by atoms with E-state index in [-0.39, 0.29) is 17.0 Å². The molecule has 2 amide bonds. The summed E-state index contributed by atoms with van der Waals surface area (Å²) >= 11 is 1.20. The number of carboxylic acids is 1. The van der Waals surface area contributed by atoms with Gasteiger partial charge in [-0.3, -0.25) is 14.4 Å². The lowest BCUT2D eigenvalue weighted by Gasteiger charge is -2.15. The van der Waals surface area contributed by atoms with Gasteiger partial charge in [0.15, 0.2) is 0 Å². The third-order valence-electron chi connectivity index (χ3n) is 4.16. The van der Waals surface area contributed by atoms with E-state index in [1.165, 1.54) is 35.6 Å². The second kappa shape index (κ2) is 5.88. The summed E-state index contributed by atoms with van der Waals surface area (Å²) in [5.41, 5.74) is 0.144. The molecule has 4 rings (SSSR count). The highest BCUT2D eigenvalue weighted by molar-refractivity contribution is 7.13. The van der Waals surface area contributed by atoms with Crippen LogP contribution in [0, 0.1) is 5.92 Å². The van der Waals surface area contributed by atoms with Gasteiger partial charge in [0.05, 0.1) is 16.1 Å². The maximum Gasteiger partial charge on any atom is 0.335 e. The van der Waals surface area contributed by atoms with Crippen molar-refractivity contribution in [3.63, 3.8) is 0 Å². The fourth-order valence-electron chi connectivity index (χ4n) is 2.91. The number of anilines is 1. The number of hydrogen-bond donors (Lipinski definition) is 1. The number of Topliss-reactive ketones (excluding diaryl/α,β-unsaturated/α-hetero) is 1. The number of aromatic carboxylic acids is 1. The molecule has 1 aromatic carbocycles. The molecule has 0 radical (unpaired) electrons. The largest absolute Gasteiger partial charge is 0.478 e. The average molecular weight is 370 g/mol. The third kappa shape index (κ3) is 2.32. The molecule has 1 aromatic heterocycles. The molecule has 0 saturated carbocycles. The van der Waals surface area contributed by atoms with Gasteiger partial charge in [0, 0.05) is 0 Å². The van der Waals surface area contributed by atoms with Crippen molar-refractivity contribution < 1.29 is 29.1 Å². The number of benzene rings is 1. The molecule has 2 aliphatic rings. The summed E-state index contributed by atoms with van der Waals surface area (Å²) in [6.45, 7) is 0. The zero-order valence-corrected chi connectivity index (χ0v) is 13.8. The van der Waals surface area contributed by atoms with E-state index in [0.29, 0.717) is 4.88 Å². The van der Waals surface area contributed by atoms with Crippen LogP contribution in [0.5, 0.6) is 0 Å². The number of fused-ring (bicyclic) bond motifs is 1. The molecular formula is C17H10N2O6S. The minimum absolute atomic E-state index is 0.0272. The predicted molar refractivity (Wildman–Crippen MR) is 90.3 cm³/mol. The van der Waals surface area contributed by atoms with Crippen LogP contribution in [0.4, 0.5) is 5.69 Å². The molecular weight excluding hydrogens is 360 g/mol. The number of imide groups is 1. The lowest BCUT2D eigenvalue weighted by atomic mass is 9.96. The fourth-order valence-corrected chi connectivity index (χ4v) is 3.58. The predicted octanol–water partition coefficient (Wildman–Crippen LogP) is 1.57. The monoisotopic (exact) mass is 370 g/mol. The molecule has 0 spiro atoms. The Kier molecular flexibility index (Phi) is 3.66. The van der Waals surface area contributed by atoms with Crippen LogP contribution in [-0.4, -0.2) is 40.5 Å². The molecule has 9 heteroatoms. The second-order valence-electron chi connectivity index (χ2n) is 5.65. The first-order valence-electron chi connectivity index (χ1n) is 7.52. The molecule has 2 atom stereocenters. The van der Waals surface area contributed by atoms with Crippen molar-refractivity contribution in [3.8, 4) is 0 Å². The summed E-state index contributed by atoms with van der Waals surface area (Å²) in [6, 6.07) is 8.60. The van der Waals surface area contributed by atoms with Crippen molar-refractivity contribution in [3.05, 3.63) is 52.2 Å². The molecule has 3 heterocycles. The summed E-state index contributed by atoms with van der Waals surface area (Å²) in [6.07, 6.45) is -1.18. The van der Waals surface area contributed by atoms with Crippen molar-refractivity contribution >= 4 is 46.3 Å². The number of ketones is 1. The Labute approximate surface area is 150 Å². The molecule has 0 unspecified atom stereocenters. The van der Waals surface area contributed by atoms with Crippen LogP contribution < -0.4 is 4.90 Å². The molecule has 26 heavy (non-hydrogen) atoms. The van der Waals surface area contributed by atoms with E-state index in [2.05, 4.69) is 5.16 Å². The van der Waals surface area contributed by atoms with Crippen molar-refractivity contribution in [2.24, 2.45) is 11.1 Å². The maximum absolute atomic E-state index is 12.8. The molecule has 130 valence electrons. The van der Waals surface area contributed by atoms with E-state index in [4.69, 9.17) is 9.94 Å². The molecule has 1 N–H and O–H groups in total. The van der Waals surface area contributed by atoms with E-state index in [0.717, 1.165) is 4.90 Å². The van der Waals surface area contributed by atoms with Crippen LogP contribution in [-0.2, 0) is 14.4 Å². The number of amides is 2. The van der Waals surface area contributed by atoms with Gasteiger partial charge in [-0.25, -0.2) is 9.69 Å². The smallest absolute Gasteiger partial charge is 0.335 e. The molecule has 1 saturated heterocycles. The number of rotatable bonds is 4. The summed E-state index contributed by atoms with van der Waals surface area (Å²) in [5, 5.41) is 14.3. The van der Waals surface area contributed by atoms with Gasteiger partial charge >= 0.3 is 5.97 Å². The Morgan fingerprint density at radius 2 is 1.85 bits per heavy atom. The van der Waals surface area contributed by atoms with Crippen molar-refractivity contribution in [2.75, 3.05) is 4.90 Å². The van der Waals surface area contributed by atoms with Crippen LogP contribution in [0.2, 0.25) is 0 Å². The lowest BCUT2D eigenvalue weighted by Crippen LogP contribution is -2.34. The zero-order chi connectivity index (χ0) is 18.4. The molecule has 0 bridgehead atoms. The summed E-state index contributed by atoms with van der Waals surface area (Å²) < 4.78 is 0. The normalized spacial score (nSPS) is 21.4. The van der Waals surface area contributed by atoms with Crippen molar-refractivity contribution in [1.82, 2.24) is 0 Å². The summed E-state index contributed by atoms with van der Waals surface area (Å²) in [7, 11) is 0. The van der Waals surface area contributed by atoms with E-state index < -0.39 is 35.6 Å². The van der Waals surface area contributed by atoms with Crippen LogP contribution >= 0.6 is 11.3 Å². The second-order valence-corrected chi connectivity index (χ2v) is 6.60. The Morgan fingerprint density at radius 3 is 2.46 bits per heavy atom. The molecule has 0 aliphatic carbocycles. The number of oxime groups is 1. The highest BCUT2D eigenvalue weighted by Crippen LogP contribution is 2.34. The van der Waals surface area contributed by atoms with Gasteiger partial charge in [-0.2, -0.15) is 0 Å². The minimum Gasteiger partial charge on any atom is -0.478 e. The topological polar surface area (TPSA) is 113 Å². The lowest BCUT2D eigenvalue weighted by molar-refractivity contribution is -0.126. The van der Waals surface area contributed by atoms with Gasteiger partial charge in [-0.05, 0) is 35.7 Å². The fraction of sp³-hybridized carbons (Fsp3) is 0.118. The van der Waals surface area contributed by atoms with Gasteiger partial charge in [0.1, 0.15) is 11.6 Å². The number of carbonyl (C=O) groups is 4. The zero-order valence-electron chi connectivity index (χ0n) is 13.0. The summed E-state index contributed by atoms with van der Waals surface area (Å²) in [4.78, 5) is 55.2. The molecule has 2 aromatic rings. The highest BCUT2D eigenvalue weighted by atomic mass is 32.1. The first kappa shape index (κ1) is 16.2. The average Bonchev–Trinajstić information content (AvgIpc) is 3.35. The quantitative estimate of drug-likeness (QED) is 0.646. The van der Waals surface area contributed by atoms with Crippen molar-refractivity contribution in [2.45, 2.75) is 6.10 Å². The van der Waals surface area contributed by atoms with Crippen LogP contribution in [0.3, 0.4) is 0 Å². The van der Waals surface area contributed by atoms with Gasteiger partial charge in [0.25, 0.3) is 5.91 Å². The van der Waals surface area contributed by atoms with Gasteiger partial charge in [0.2, 0.25) is 17.8 Å². The standard InChI is InChI=1S/C17H10N2O6S/c20-13(10-2-1-7-26-10)12-11-14(25-18-12)16(22)19(15(11)21)9-5-3-8(4-6-9)17(23)24/h1-7,11,14H,(H,23,24)/t11-,14+/m1/s1. The van der Waals surface area contributed by atoms with E-state index in [1.807, 2.05) is 0 Å². The first-order chi connectivity index (χ1) is 12.5. The third-order valence-corrected chi connectivity index (χ3v) is 5.03. The van der Waals surface area contributed by atoms with Gasteiger partial charge in [-0.15, -0.1) is 11.3 Å². The van der Waals surface area contributed by atoms with Crippen LogP contribution in [0.25, 0.3) is 0 Å². The van der Waals surface area contributed by atoms with Crippen LogP contribution in [0.1, 0.15) is 20.0 Å². The van der Waals surface area contributed by atoms with Crippen molar-refractivity contribution in [1.29, 1.82) is 0 Å². The number of thiophene rings is 1. The van der Waals surface area contributed by atoms with E-state index in [1.54, 1.807) is 17.5 Å². The highest BCUT2D eigenvalue weighted by Gasteiger charge is 2.57. The Morgan fingerprint density at radius 1 is 1.12 bits per heavy atom. The van der Waals surface area contributed by atoms with E-state index >= 15 is 0 Å². The molecule has 1 fully saturated rings. The number of hydrogen-bond acceptors (Lipinski definition) is 7. The Balaban J connectivity index is 1.64. The number of nitrogens with zero attached hydrogens (tertiary/aromatic N) is 2. The molecule has 8 nitrogen and oxygen atoms in total. The Hall–Kier alpha value is -3.33. The first-order valence-corrected chi connectivity index (χ1v) is 8.40. The van der Waals surface area contributed by atoms with Gasteiger partial charge < -0.3 is 9.94 Å². The van der Waals surface area contributed by atoms with Gasteiger partial charge in [-0.1, -0.05) is 11.2 Å². The minimum atomic E-state index is -1.18. The van der Waals surface area contributed by atoms with Crippen LogP contribution in [0.15, 0.2) is 46.9 Å². The SMILES string of the molecule is O=C(O)c1ccc(N2C(=O)[C@@H]3C(C(=O)c4cccs4)=NO[C@@H]3C2=O)cc1. The number of carboxylic acid groups (broad SMARTS) is 1. The van der Waals surface area contributed by atoms with E-state index in [9.17, 15) is 19.2 Å². The molecule has 2 aliphatic heterocycles. The Bertz CT molecular complexity index is 964. The number of carbonyl (C=O) groups excluding carboxylic acids is 3. The maximum atomic E-state index is 12.8. The summed E-state index contributed by atoms with van der Waals surface area (Å²) in [5.74, 6) is -3.93.